The van der Waals surface area contributed by atoms with Gasteiger partial charge in [0.2, 0.25) is 0 Å². The van der Waals surface area contributed by atoms with Crippen LogP contribution in [0.3, 0.4) is 0 Å². The second-order valence-corrected chi connectivity index (χ2v) is 5.75. The third-order valence-electron chi connectivity index (χ3n) is 3.83. The Morgan fingerprint density at radius 3 is 2.25 bits per heavy atom. The third kappa shape index (κ3) is 5.31. The number of aryl methyl sites for hydroxylation is 1. The van der Waals surface area contributed by atoms with Crippen LogP contribution in [0.4, 0.5) is 0 Å². The van der Waals surface area contributed by atoms with Crippen LogP contribution < -0.4 is 4.74 Å². The first-order valence-corrected chi connectivity index (χ1v) is 8.18. The van der Waals surface area contributed by atoms with Crippen LogP contribution in [0, 0.1) is 6.92 Å². The van der Waals surface area contributed by atoms with E-state index < -0.39 is 11.9 Å². The van der Waals surface area contributed by atoms with Crippen LogP contribution in [0.5, 0.6) is 11.5 Å². The summed E-state index contributed by atoms with van der Waals surface area (Å²) in [7, 11) is 1.65. The number of pyridine rings is 1. The average molecular weight is 381 g/mol. The number of aliphatic carboxylic acids is 2. The van der Waals surface area contributed by atoms with Gasteiger partial charge in [-0.25, -0.2) is 9.59 Å². The number of methoxy groups -OCH3 is 1. The van der Waals surface area contributed by atoms with E-state index >= 15 is 0 Å². The molecule has 1 aromatic heterocycles. The third-order valence-corrected chi connectivity index (χ3v) is 3.83. The minimum Gasteiger partial charge on any atom is -0.508 e. The van der Waals surface area contributed by atoms with E-state index in [0.717, 1.165) is 33.3 Å². The Morgan fingerprint density at radius 1 is 1.00 bits per heavy atom. The molecule has 0 radical (unpaired) electrons. The highest BCUT2D eigenvalue weighted by atomic mass is 16.5. The number of fused-ring (bicyclic) bond motifs is 1. The maximum absolute atomic E-state index is 9.64. The van der Waals surface area contributed by atoms with E-state index in [2.05, 4.69) is 4.98 Å². The molecule has 0 saturated carbocycles. The minimum absolute atomic E-state index is 0.314. The summed E-state index contributed by atoms with van der Waals surface area (Å²) < 4.78 is 5.23. The van der Waals surface area contributed by atoms with Gasteiger partial charge in [-0.15, -0.1) is 0 Å². The van der Waals surface area contributed by atoms with E-state index in [0.29, 0.717) is 17.9 Å². The zero-order chi connectivity index (χ0) is 20.7. The van der Waals surface area contributed by atoms with Crippen molar-refractivity contribution < 1.29 is 29.6 Å². The summed E-state index contributed by atoms with van der Waals surface area (Å²) in [6, 6.07) is 13.5. The first-order chi connectivity index (χ1) is 13.3. The van der Waals surface area contributed by atoms with Crippen molar-refractivity contribution in [2.75, 3.05) is 7.11 Å². The summed E-state index contributed by atoms with van der Waals surface area (Å²) >= 11 is 0. The van der Waals surface area contributed by atoms with Gasteiger partial charge >= 0.3 is 11.9 Å². The molecule has 2 aromatic carbocycles. The van der Waals surface area contributed by atoms with Crippen molar-refractivity contribution in [2.45, 2.75) is 6.92 Å². The fourth-order valence-electron chi connectivity index (χ4n) is 2.47. The van der Waals surface area contributed by atoms with Crippen LogP contribution >= 0.6 is 0 Å². The van der Waals surface area contributed by atoms with Crippen LogP contribution in [-0.4, -0.2) is 39.4 Å². The van der Waals surface area contributed by atoms with Gasteiger partial charge in [-0.3, -0.25) is 4.98 Å². The second-order valence-electron chi connectivity index (χ2n) is 5.75. The van der Waals surface area contributed by atoms with Gasteiger partial charge in [0.25, 0.3) is 0 Å². The molecule has 0 aliphatic heterocycles. The minimum atomic E-state index is -1.26. The lowest BCUT2D eigenvalue weighted by atomic mass is 9.99. The number of aromatic hydroxyl groups is 1. The maximum Gasteiger partial charge on any atom is 0.328 e. The van der Waals surface area contributed by atoms with Crippen molar-refractivity contribution in [3.8, 4) is 22.6 Å². The van der Waals surface area contributed by atoms with Crippen molar-refractivity contribution in [1.82, 2.24) is 4.98 Å². The van der Waals surface area contributed by atoms with Gasteiger partial charge in [-0.2, -0.15) is 0 Å². The van der Waals surface area contributed by atoms with Crippen LogP contribution in [-0.2, 0) is 9.59 Å². The van der Waals surface area contributed by atoms with Crippen molar-refractivity contribution in [2.24, 2.45) is 0 Å². The Balaban J connectivity index is 0.000000300. The molecule has 0 spiro atoms. The van der Waals surface area contributed by atoms with Crippen molar-refractivity contribution in [1.29, 1.82) is 0 Å². The Hall–Kier alpha value is -3.87. The molecule has 0 atom stereocenters. The molecule has 28 heavy (non-hydrogen) atoms. The lowest BCUT2D eigenvalue weighted by Gasteiger charge is -2.09. The number of aromatic nitrogens is 1. The molecule has 0 fully saturated rings. The molecule has 7 nitrogen and oxygen atoms in total. The molecule has 144 valence electrons. The quantitative estimate of drug-likeness (QED) is 0.591. The molecule has 0 saturated heterocycles. The molecular weight excluding hydrogens is 362 g/mol. The smallest absolute Gasteiger partial charge is 0.328 e. The standard InChI is InChI=1S/C17H15NO2.C4H4O4/c1-11-9-12(3-6-17(11)19)14-7-8-18-16-10-13(20-2)4-5-15(14)16;5-3(6)1-2-4(7)8/h3-10,19H,1-2H3;1-2H,(H,5,6)(H,7,8)/b;2-1-. The zero-order valence-electron chi connectivity index (χ0n) is 15.3. The number of carboxylic acids is 2. The van der Waals surface area contributed by atoms with Crippen LogP contribution in [0.15, 0.2) is 60.8 Å². The summed E-state index contributed by atoms with van der Waals surface area (Å²) in [4.78, 5) is 23.5. The first kappa shape index (κ1) is 20.4. The fourth-order valence-corrected chi connectivity index (χ4v) is 2.47. The molecule has 0 amide bonds. The number of nitrogens with zero attached hydrogens (tertiary/aromatic N) is 1. The average Bonchev–Trinajstić information content (AvgIpc) is 2.68. The Morgan fingerprint density at radius 2 is 1.68 bits per heavy atom. The van der Waals surface area contributed by atoms with E-state index in [1.165, 1.54) is 0 Å². The second kappa shape index (κ2) is 9.18. The van der Waals surface area contributed by atoms with Gasteiger partial charge in [-0.05, 0) is 53.9 Å². The number of hydrogen-bond acceptors (Lipinski definition) is 5. The number of hydrogen-bond donors (Lipinski definition) is 3. The highest BCUT2D eigenvalue weighted by Gasteiger charge is 2.07. The number of phenolic OH excluding ortho intramolecular Hbond substituents is 1. The summed E-state index contributed by atoms with van der Waals surface area (Å²) in [5, 5.41) is 26.3. The molecule has 3 aromatic rings. The highest BCUT2D eigenvalue weighted by Crippen LogP contribution is 2.31. The molecule has 0 aliphatic carbocycles. The van der Waals surface area contributed by atoms with Crippen molar-refractivity contribution >= 4 is 22.8 Å². The maximum atomic E-state index is 9.64. The largest absolute Gasteiger partial charge is 0.508 e. The Kier molecular flexibility index (Phi) is 6.70. The lowest BCUT2D eigenvalue weighted by molar-refractivity contribution is -0.134. The van der Waals surface area contributed by atoms with Crippen molar-refractivity contribution in [3.05, 3.63) is 66.4 Å². The molecule has 0 unspecified atom stereocenters. The number of rotatable bonds is 4. The normalized spacial score (nSPS) is 10.4. The predicted molar refractivity (Wildman–Crippen MR) is 105 cm³/mol. The van der Waals surface area contributed by atoms with Gasteiger partial charge < -0.3 is 20.1 Å². The summed E-state index contributed by atoms with van der Waals surface area (Å²) in [6.45, 7) is 1.89. The highest BCUT2D eigenvalue weighted by molar-refractivity contribution is 5.95. The summed E-state index contributed by atoms with van der Waals surface area (Å²) in [5.41, 5.74) is 3.92. The van der Waals surface area contributed by atoms with Crippen LogP contribution in [0.2, 0.25) is 0 Å². The topological polar surface area (TPSA) is 117 Å². The number of carboxylic acid groups (broad SMARTS) is 2. The van der Waals surface area contributed by atoms with Crippen molar-refractivity contribution in [3.63, 3.8) is 0 Å². The van der Waals surface area contributed by atoms with Gasteiger partial charge in [-0.1, -0.05) is 6.07 Å². The first-order valence-electron chi connectivity index (χ1n) is 8.18. The monoisotopic (exact) mass is 381 g/mol. The molecule has 0 aliphatic rings. The van der Waals surface area contributed by atoms with Gasteiger partial charge in [0, 0.05) is 29.8 Å². The molecule has 0 bridgehead atoms. The lowest BCUT2D eigenvalue weighted by Crippen LogP contribution is -1.91. The molecule has 1 heterocycles. The van der Waals surface area contributed by atoms with Crippen LogP contribution in [0.25, 0.3) is 22.0 Å². The zero-order valence-corrected chi connectivity index (χ0v) is 15.3. The SMILES string of the molecule is COc1ccc2c(-c3ccc(O)c(C)c3)ccnc2c1.O=C(O)/C=C\C(=O)O. The molecule has 3 N–H and O–H groups in total. The van der Waals surface area contributed by atoms with Gasteiger partial charge in [0.15, 0.2) is 0 Å². The molecule has 3 rings (SSSR count). The van der Waals surface area contributed by atoms with Gasteiger partial charge in [0.1, 0.15) is 11.5 Å². The fraction of sp³-hybridized carbons (Fsp3) is 0.0952. The van der Waals surface area contributed by atoms with E-state index in [4.69, 9.17) is 14.9 Å². The number of benzene rings is 2. The Bertz CT molecular complexity index is 1030. The molecule has 7 heteroatoms. The Labute approximate surface area is 161 Å². The number of phenols is 1. The van der Waals surface area contributed by atoms with E-state index in [-0.39, 0.29) is 0 Å². The van der Waals surface area contributed by atoms with Crippen LogP contribution in [0.1, 0.15) is 5.56 Å². The summed E-state index contributed by atoms with van der Waals surface area (Å²) in [6.07, 6.45) is 2.91. The predicted octanol–water partition coefficient (Wildman–Crippen LogP) is 3.64. The van der Waals surface area contributed by atoms with E-state index in [9.17, 15) is 14.7 Å². The molecular formula is C21H19NO6. The number of carbonyl (C=O) groups is 2. The van der Waals surface area contributed by atoms with Gasteiger partial charge in [0.05, 0.1) is 12.6 Å². The van der Waals surface area contributed by atoms with E-state index in [1.54, 1.807) is 19.4 Å². The van der Waals surface area contributed by atoms with E-state index in [1.807, 2.05) is 43.3 Å². The summed E-state index contributed by atoms with van der Waals surface area (Å²) in [5.74, 6) is -1.40. The number of ether oxygens (including phenoxy) is 1.